The molecule has 0 heterocycles. The van der Waals surface area contributed by atoms with Crippen molar-refractivity contribution in [1.82, 2.24) is 10.6 Å². The van der Waals surface area contributed by atoms with E-state index in [4.69, 9.17) is 4.74 Å². The summed E-state index contributed by atoms with van der Waals surface area (Å²) in [5.74, 6) is 0.326. The van der Waals surface area contributed by atoms with Crippen molar-refractivity contribution in [3.05, 3.63) is 65.2 Å². The van der Waals surface area contributed by atoms with Crippen LogP contribution in [0.2, 0.25) is 0 Å². The van der Waals surface area contributed by atoms with Crippen molar-refractivity contribution in [3.8, 4) is 5.75 Å². The predicted molar refractivity (Wildman–Crippen MR) is 111 cm³/mol. The molecule has 2 N–H and O–H groups in total. The number of aryl methyl sites for hydroxylation is 1. The lowest BCUT2D eigenvalue weighted by Crippen LogP contribution is -2.50. The van der Waals surface area contributed by atoms with Gasteiger partial charge in [0.05, 0.1) is 19.6 Å². The Hall–Kier alpha value is -2.82. The third-order valence-corrected chi connectivity index (χ3v) is 4.68. The minimum Gasteiger partial charge on any atom is -0.496 e. The summed E-state index contributed by atoms with van der Waals surface area (Å²) in [6.07, 6.45) is 0.249. The molecule has 0 aliphatic heterocycles. The number of hydrogen-bond acceptors (Lipinski definition) is 3. The van der Waals surface area contributed by atoms with Crippen LogP contribution in [0.5, 0.6) is 5.75 Å². The average molecular weight is 383 g/mol. The topological polar surface area (TPSA) is 67.4 Å². The quantitative estimate of drug-likeness (QED) is 0.733. The molecule has 0 saturated heterocycles. The van der Waals surface area contributed by atoms with E-state index in [-0.39, 0.29) is 30.2 Å². The van der Waals surface area contributed by atoms with Crippen LogP contribution in [0.1, 0.15) is 43.5 Å². The number of amides is 2. The molecule has 0 aromatic heterocycles. The van der Waals surface area contributed by atoms with Gasteiger partial charge in [0.1, 0.15) is 11.8 Å². The molecule has 150 valence electrons. The largest absolute Gasteiger partial charge is 0.496 e. The summed E-state index contributed by atoms with van der Waals surface area (Å²) in [7, 11) is 1.61. The fourth-order valence-electron chi connectivity index (χ4n) is 3.11. The highest BCUT2D eigenvalue weighted by Gasteiger charge is 2.26. The van der Waals surface area contributed by atoms with Crippen LogP contribution in [0, 0.1) is 12.8 Å². The molecule has 0 bridgehead atoms. The SMILES string of the molecule is COc1ccc(C)cc1C(C)NC(=O)[C@@H](NC(=O)Cc1ccccc1)C(C)C. The minimum absolute atomic E-state index is 0.0358. The van der Waals surface area contributed by atoms with Crippen molar-refractivity contribution in [2.75, 3.05) is 7.11 Å². The maximum Gasteiger partial charge on any atom is 0.243 e. The minimum atomic E-state index is -0.602. The van der Waals surface area contributed by atoms with Gasteiger partial charge >= 0.3 is 0 Å². The Bertz CT molecular complexity index is 803. The summed E-state index contributed by atoms with van der Waals surface area (Å²) < 4.78 is 5.42. The van der Waals surface area contributed by atoms with E-state index in [1.165, 1.54) is 0 Å². The van der Waals surface area contributed by atoms with Crippen molar-refractivity contribution < 1.29 is 14.3 Å². The highest BCUT2D eigenvalue weighted by Crippen LogP contribution is 2.26. The second-order valence-electron chi connectivity index (χ2n) is 7.43. The first-order valence-corrected chi connectivity index (χ1v) is 9.60. The molecule has 0 saturated carbocycles. The van der Waals surface area contributed by atoms with Gasteiger partial charge in [-0.2, -0.15) is 0 Å². The lowest BCUT2D eigenvalue weighted by Gasteiger charge is -2.25. The van der Waals surface area contributed by atoms with Gasteiger partial charge in [-0.05, 0) is 31.4 Å². The molecule has 2 rings (SSSR count). The molecule has 2 atom stereocenters. The number of nitrogens with one attached hydrogen (secondary N) is 2. The highest BCUT2D eigenvalue weighted by molar-refractivity contribution is 5.88. The monoisotopic (exact) mass is 382 g/mol. The van der Waals surface area contributed by atoms with Crippen LogP contribution in [-0.4, -0.2) is 25.0 Å². The highest BCUT2D eigenvalue weighted by atomic mass is 16.5. The van der Waals surface area contributed by atoms with E-state index in [2.05, 4.69) is 10.6 Å². The van der Waals surface area contributed by atoms with Gasteiger partial charge in [-0.1, -0.05) is 61.9 Å². The number of benzene rings is 2. The molecule has 0 aliphatic rings. The average Bonchev–Trinajstić information content (AvgIpc) is 2.66. The Morgan fingerprint density at radius 2 is 1.68 bits per heavy atom. The maximum absolute atomic E-state index is 12.9. The van der Waals surface area contributed by atoms with Crippen LogP contribution < -0.4 is 15.4 Å². The number of ether oxygens (including phenoxy) is 1. The van der Waals surface area contributed by atoms with Gasteiger partial charge in [0.15, 0.2) is 0 Å². The summed E-state index contributed by atoms with van der Waals surface area (Å²) in [4.78, 5) is 25.3. The standard InChI is InChI=1S/C23H30N2O3/c1-15(2)22(25-21(26)14-18-9-7-6-8-10-18)23(27)24-17(4)19-13-16(3)11-12-20(19)28-5/h6-13,15,17,22H,14H2,1-5H3,(H,24,27)(H,25,26)/t17?,22-/m0/s1. The van der Waals surface area contributed by atoms with E-state index in [1.807, 2.05) is 76.2 Å². The first-order valence-electron chi connectivity index (χ1n) is 9.60. The second-order valence-corrected chi connectivity index (χ2v) is 7.43. The molecule has 2 aromatic carbocycles. The molecule has 2 amide bonds. The van der Waals surface area contributed by atoms with Crippen LogP contribution in [-0.2, 0) is 16.0 Å². The maximum atomic E-state index is 12.9. The molecular formula is C23H30N2O3. The van der Waals surface area contributed by atoms with Crippen molar-refractivity contribution in [2.24, 2.45) is 5.92 Å². The number of methoxy groups -OCH3 is 1. The zero-order chi connectivity index (χ0) is 20.7. The number of hydrogen-bond donors (Lipinski definition) is 2. The molecular weight excluding hydrogens is 352 g/mol. The van der Waals surface area contributed by atoms with E-state index < -0.39 is 6.04 Å². The van der Waals surface area contributed by atoms with Crippen molar-refractivity contribution in [1.29, 1.82) is 0 Å². The summed E-state index contributed by atoms with van der Waals surface area (Å²) in [5.41, 5.74) is 2.92. The van der Waals surface area contributed by atoms with Crippen LogP contribution in [0.3, 0.4) is 0 Å². The van der Waals surface area contributed by atoms with Gasteiger partial charge in [-0.15, -0.1) is 0 Å². The summed E-state index contributed by atoms with van der Waals surface area (Å²) in [6.45, 7) is 7.76. The van der Waals surface area contributed by atoms with Crippen molar-refractivity contribution in [2.45, 2.75) is 46.2 Å². The molecule has 1 unspecified atom stereocenters. The van der Waals surface area contributed by atoms with Gasteiger partial charge in [0.2, 0.25) is 11.8 Å². The molecule has 5 nitrogen and oxygen atoms in total. The zero-order valence-corrected chi connectivity index (χ0v) is 17.3. The zero-order valence-electron chi connectivity index (χ0n) is 17.3. The number of carbonyl (C=O) groups is 2. The predicted octanol–water partition coefficient (Wildman–Crippen LogP) is 3.56. The smallest absolute Gasteiger partial charge is 0.243 e. The molecule has 0 radical (unpaired) electrons. The summed E-state index contributed by atoms with van der Waals surface area (Å²) in [6, 6.07) is 14.5. The second kappa shape index (κ2) is 9.93. The van der Waals surface area contributed by atoms with Crippen molar-refractivity contribution in [3.63, 3.8) is 0 Å². The number of carbonyl (C=O) groups excluding carboxylic acids is 2. The number of rotatable bonds is 8. The summed E-state index contributed by atoms with van der Waals surface area (Å²) >= 11 is 0. The normalized spacial score (nSPS) is 12.9. The van der Waals surface area contributed by atoms with Gasteiger partial charge in [-0.3, -0.25) is 9.59 Å². The van der Waals surface area contributed by atoms with Crippen LogP contribution in [0.4, 0.5) is 0 Å². The van der Waals surface area contributed by atoms with Gasteiger partial charge < -0.3 is 15.4 Å². The molecule has 28 heavy (non-hydrogen) atoms. The fourth-order valence-corrected chi connectivity index (χ4v) is 3.11. The lowest BCUT2D eigenvalue weighted by molar-refractivity contribution is -0.130. The van der Waals surface area contributed by atoms with Crippen LogP contribution >= 0.6 is 0 Å². The van der Waals surface area contributed by atoms with E-state index in [9.17, 15) is 9.59 Å². The van der Waals surface area contributed by atoms with E-state index in [0.29, 0.717) is 0 Å². The Kier molecular flexibility index (Phi) is 7.61. The molecule has 0 spiro atoms. The van der Waals surface area contributed by atoms with Crippen LogP contribution in [0.15, 0.2) is 48.5 Å². The third kappa shape index (κ3) is 5.84. The Balaban J connectivity index is 2.06. The first-order chi connectivity index (χ1) is 13.3. The molecule has 2 aromatic rings. The molecule has 0 aliphatic carbocycles. The fraction of sp³-hybridized carbons (Fsp3) is 0.391. The van der Waals surface area contributed by atoms with E-state index in [1.54, 1.807) is 7.11 Å². The first kappa shape index (κ1) is 21.5. The van der Waals surface area contributed by atoms with E-state index in [0.717, 1.165) is 22.4 Å². The Morgan fingerprint density at radius 3 is 2.29 bits per heavy atom. The third-order valence-electron chi connectivity index (χ3n) is 4.68. The van der Waals surface area contributed by atoms with Gasteiger partial charge in [-0.25, -0.2) is 0 Å². The molecule has 5 heteroatoms. The van der Waals surface area contributed by atoms with Crippen molar-refractivity contribution >= 4 is 11.8 Å². The Labute approximate surface area is 167 Å². The Morgan fingerprint density at radius 1 is 1.00 bits per heavy atom. The lowest BCUT2D eigenvalue weighted by atomic mass is 10.0. The summed E-state index contributed by atoms with van der Waals surface area (Å²) in [5, 5.41) is 5.89. The van der Waals surface area contributed by atoms with Crippen LogP contribution in [0.25, 0.3) is 0 Å². The van der Waals surface area contributed by atoms with Gasteiger partial charge in [0, 0.05) is 5.56 Å². The van der Waals surface area contributed by atoms with Gasteiger partial charge in [0.25, 0.3) is 0 Å². The molecule has 0 fully saturated rings. The van der Waals surface area contributed by atoms with E-state index >= 15 is 0 Å².